The molecule has 0 saturated heterocycles. The summed E-state index contributed by atoms with van der Waals surface area (Å²) in [5.74, 6) is -1.56. The Morgan fingerprint density at radius 3 is 2.19 bits per heavy atom. The molecule has 3 aromatic rings. The van der Waals surface area contributed by atoms with Crippen molar-refractivity contribution >= 4 is 46.0 Å². The van der Waals surface area contributed by atoms with Crippen LogP contribution in [0.25, 0.3) is 10.8 Å². The second kappa shape index (κ2) is 11.0. The number of benzene rings is 3. The van der Waals surface area contributed by atoms with Crippen molar-refractivity contribution in [2.75, 3.05) is 18.0 Å². The van der Waals surface area contributed by atoms with Crippen LogP contribution in [0.15, 0.2) is 54.6 Å². The molecule has 0 bridgehead atoms. The van der Waals surface area contributed by atoms with E-state index >= 15 is 0 Å². The number of nitrogens with one attached hydrogen (secondary N) is 3. The number of nitrogens with two attached hydrogens (primary N) is 3. The van der Waals surface area contributed by atoms with Gasteiger partial charge in [0, 0.05) is 36.8 Å². The standard InChI is InChI=1S/C25H27N7O4/c1-14(33)31-10-11-32(25(29)30)18-6-2-15(3-7-18)24(35)36-21-9-5-16-12-17(23(27)28)4-8-19(16)20(21)13-22(26)34/h2-9,12H,10-11,13H2,1H3,(H2,26,34)(H3,27,28)(H3,29,30)(H,31,33). The van der Waals surface area contributed by atoms with Gasteiger partial charge < -0.3 is 32.2 Å². The van der Waals surface area contributed by atoms with Gasteiger partial charge in [-0.15, -0.1) is 0 Å². The van der Waals surface area contributed by atoms with Gasteiger partial charge >= 0.3 is 5.97 Å². The highest BCUT2D eigenvalue weighted by molar-refractivity contribution is 6.01. The van der Waals surface area contributed by atoms with Gasteiger partial charge in [0.15, 0.2) is 5.96 Å². The Bertz CT molecular complexity index is 1350. The zero-order valence-electron chi connectivity index (χ0n) is 19.6. The van der Waals surface area contributed by atoms with Crippen molar-refractivity contribution in [1.29, 1.82) is 10.8 Å². The number of ether oxygens (including phenoxy) is 1. The van der Waals surface area contributed by atoms with Gasteiger partial charge in [-0.1, -0.05) is 18.2 Å². The minimum absolute atomic E-state index is 0.0919. The van der Waals surface area contributed by atoms with Crippen LogP contribution in [0, 0.1) is 10.8 Å². The second-order valence-electron chi connectivity index (χ2n) is 7.99. The lowest BCUT2D eigenvalue weighted by molar-refractivity contribution is -0.119. The zero-order valence-corrected chi connectivity index (χ0v) is 19.6. The maximum Gasteiger partial charge on any atom is 0.343 e. The molecule has 0 aromatic heterocycles. The summed E-state index contributed by atoms with van der Waals surface area (Å²) in [4.78, 5) is 37.2. The van der Waals surface area contributed by atoms with Crippen molar-refractivity contribution in [1.82, 2.24) is 5.32 Å². The number of carbonyl (C=O) groups excluding carboxylic acids is 3. The maximum atomic E-state index is 12.9. The van der Waals surface area contributed by atoms with E-state index in [9.17, 15) is 14.4 Å². The van der Waals surface area contributed by atoms with Crippen LogP contribution in [0.4, 0.5) is 5.69 Å². The highest BCUT2D eigenvalue weighted by Crippen LogP contribution is 2.30. The van der Waals surface area contributed by atoms with Crippen LogP contribution in [0.3, 0.4) is 0 Å². The number of esters is 1. The van der Waals surface area contributed by atoms with Gasteiger partial charge in [0.2, 0.25) is 11.8 Å². The Hall–Kier alpha value is -4.93. The average molecular weight is 490 g/mol. The molecule has 3 aromatic carbocycles. The topological polar surface area (TPSA) is 201 Å². The molecule has 0 unspecified atom stereocenters. The first-order chi connectivity index (χ1) is 17.1. The molecule has 0 aliphatic heterocycles. The van der Waals surface area contributed by atoms with Crippen molar-refractivity contribution in [3.63, 3.8) is 0 Å². The SMILES string of the molecule is CC(=O)NCCN(C(=N)N)c1ccc(C(=O)Oc2ccc3cc(C(=N)N)ccc3c2CC(N)=O)cc1. The predicted molar refractivity (Wildman–Crippen MR) is 137 cm³/mol. The molecular weight excluding hydrogens is 462 g/mol. The Morgan fingerprint density at radius 2 is 1.61 bits per heavy atom. The third-order valence-corrected chi connectivity index (χ3v) is 5.37. The number of primary amides is 1. The first-order valence-electron chi connectivity index (χ1n) is 10.9. The normalized spacial score (nSPS) is 10.5. The van der Waals surface area contributed by atoms with Gasteiger partial charge in [0.05, 0.1) is 12.0 Å². The van der Waals surface area contributed by atoms with Crippen LogP contribution in [0.2, 0.25) is 0 Å². The number of rotatable bonds is 9. The van der Waals surface area contributed by atoms with Crippen LogP contribution in [-0.4, -0.2) is 42.7 Å². The summed E-state index contributed by atoms with van der Waals surface area (Å²) < 4.78 is 5.62. The molecule has 0 aliphatic rings. The van der Waals surface area contributed by atoms with E-state index in [0.717, 1.165) is 0 Å². The smallest absolute Gasteiger partial charge is 0.343 e. The lowest BCUT2D eigenvalue weighted by atomic mass is 9.98. The average Bonchev–Trinajstić information content (AvgIpc) is 2.82. The molecule has 36 heavy (non-hydrogen) atoms. The van der Waals surface area contributed by atoms with E-state index in [2.05, 4.69) is 5.32 Å². The number of nitrogens with zero attached hydrogens (tertiary/aromatic N) is 1. The number of hydrogen-bond donors (Lipinski definition) is 6. The monoisotopic (exact) mass is 489 g/mol. The molecule has 9 N–H and O–H groups in total. The van der Waals surface area contributed by atoms with E-state index in [1.807, 2.05) is 0 Å². The lowest BCUT2D eigenvalue weighted by Gasteiger charge is -2.23. The first-order valence-corrected chi connectivity index (χ1v) is 10.9. The fraction of sp³-hybridized carbons (Fsp3) is 0.160. The van der Waals surface area contributed by atoms with Gasteiger partial charge in [-0.25, -0.2) is 4.79 Å². The quantitative estimate of drug-likeness (QED) is 0.112. The third-order valence-electron chi connectivity index (χ3n) is 5.37. The summed E-state index contributed by atoms with van der Waals surface area (Å²) >= 11 is 0. The van der Waals surface area contributed by atoms with E-state index in [-0.39, 0.29) is 48.5 Å². The minimum Gasteiger partial charge on any atom is -0.423 e. The van der Waals surface area contributed by atoms with Gasteiger partial charge in [0.1, 0.15) is 11.6 Å². The number of guanidine groups is 1. The second-order valence-corrected chi connectivity index (χ2v) is 7.99. The molecule has 0 heterocycles. The number of anilines is 1. The molecule has 0 radical (unpaired) electrons. The largest absolute Gasteiger partial charge is 0.423 e. The lowest BCUT2D eigenvalue weighted by Crippen LogP contribution is -2.41. The zero-order chi connectivity index (χ0) is 26.4. The number of fused-ring (bicyclic) bond motifs is 1. The van der Waals surface area contributed by atoms with Crippen LogP contribution < -0.4 is 32.2 Å². The summed E-state index contributed by atoms with van der Waals surface area (Å²) in [7, 11) is 0. The molecule has 186 valence electrons. The molecule has 11 nitrogen and oxygen atoms in total. The third kappa shape index (κ3) is 6.14. The highest BCUT2D eigenvalue weighted by atomic mass is 16.5. The van der Waals surface area contributed by atoms with Crippen LogP contribution in [0.1, 0.15) is 28.4 Å². The van der Waals surface area contributed by atoms with Gasteiger partial charge in [-0.2, -0.15) is 0 Å². The minimum atomic E-state index is -0.653. The molecule has 3 rings (SSSR count). The summed E-state index contributed by atoms with van der Waals surface area (Å²) in [5, 5.41) is 19.4. The predicted octanol–water partition coefficient (Wildman–Crippen LogP) is 1.21. The van der Waals surface area contributed by atoms with E-state index in [0.29, 0.717) is 27.6 Å². The van der Waals surface area contributed by atoms with E-state index in [4.69, 9.17) is 32.8 Å². The summed E-state index contributed by atoms with van der Waals surface area (Å²) in [5.41, 5.74) is 18.4. The fourth-order valence-corrected chi connectivity index (χ4v) is 3.66. The van der Waals surface area contributed by atoms with E-state index in [1.165, 1.54) is 24.0 Å². The maximum absolute atomic E-state index is 12.9. The van der Waals surface area contributed by atoms with Crippen molar-refractivity contribution in [2.45, 2.75) is 13.3 Å². The van der Waals surface area contributed by atoms with Crippen LogP contribution in [-0.2, 0) is 16.0 Å². The van der Waals surface area contributed by atoms with Crippen molar-refractivity contribution < 1.29 is 19.1 Å². The Labute approximate surface area is 207 Å². The van der Waals surface area contributed by atoms with E-state index < -0.39 is 11.9 Å². The first kappa shape index (κ1) is 25.7. The van der Waals surface area contributed by atoms with E-state index in [1.54, 1.807) is 42.5 Å². The summed E-state index contributed by atoms with van der Waals surface area (Å²) in [6, 6.07) is 14.6. The molecule has 0 atom stereocenters. The molecule has 0 fully saturated rings. The number of amides is 2. The van der Waals surface area contributed by atoms with Crippen molar-refractivity contribution in [3.05, 3.63) is 71.3 Å². The van der Waals surface area contributed by atoms with Crippen molar-refractivity contribution in [2.24, 2.45) is 17.2 Å². The molecule has 0 saturated carbocycles. The van der Waals surface area contributed by atoms with Crippen LogP contribution in [0.5, 0.6) is 5.75 Å². The van der Waals surface area contributed by atoms with Gasteiger partial charge in [-0.05, 0) is 47.2 Å². The number of carbonyl (C=O) groups is 3. The Balaban J connectivity index is 1.85. The molecule has 2 amide bonds. The van der Waals surface area contributed by atoms with Gasteiger partial charge in [-0.3, -0.25) is 20.4 Å². The molecule has 0 aliphatic carbocycles. The van der Waals surface area contributed by atoms with Crippen LogP contribution >= 0.6 is 0 Å². The Kier molecular flexibility index (Phi) is 7.85. The number of hydrogen-bond acceptors (Lipinski definition) is 6. The summed E-state index contributed by atoms with van der Waals surface area (Å²) in [6.45, 7) is 1.96. The Morgan fingerprint density at radius 1 is 0.944 bits per heavy atom. The number of amidine groups is 1. The highest BCUT2D eigenvalue weighted by Gasteiger charge is 2.17. The molecule has 0 spiro atoms. The number of nitrogen functional groups attached to an aromatic ring is 1. The van der Waals surface area contributed by atoms with Gasteiger partial charge in [0.25, 0.3) is 0 Å². The van der Waals surface area contributed by atoms with Crippen molar-refractivity contribution in [3.8, 4) is 5.75 Å². The summed E-state index contributed by atoms with van der Waals surface area (Å²) in [6.07, 6.45) is -0.153. The molecule has 11 heteroatoms. The fourth-order valence-electron chi connectivity index (χ4n) is 3.66. The molecular formula is C25H27N7O4.